The highest BCUT2D eigenvalue weighted by molar-refractivity contribution is 5.10. The van der Waals surface area contributed by atoms with Crippen molar-refractivity contribution in [2.45, 2.75) is 84.0 Å². The summed E-state index contributed by atoms with van der Waals surface area (Å²) in [5.74, 6) is 1.83. The molecule has 2 aliphatic rings. The number of hydrogen-bond donors (Lipinski definition) is 1. The van der Waals surface area contributed by atoms with Gasteiger partial charge in [0.15, 0.2) is 0 Å². The van der Waals surface area contributed by atoms with Gasteiger partial charge in [0.2, 0.25) is 0 Å². The number of ether oxygens (including phenoxy) is 1. The van der Waals surface area contributed by atoms with Crippen LogP contribution >= 0.6 is 0 Å². The summed E-state index contributed by atoms with van der Waals surface area (Å²) in [7, 11) is 0. The summed E-state index contributed by atoms with van der Waals surface area (Å²) in [6.45, 7) is 13.0. The zero-order valence-electron chi connectivity index (χ0n) is 12.9. The molecule has 106 valence electrons. The lowest BCUT2D eigenvalue weighted by Gasteiger charge is -2.46. The van der Waals surface area contributed by atoms with Crippen LogP contribution in [-0.2, 0) is 4.74 Å². The lowest BCUT2D eigenvalue weighted by molar-refractivity contribution is -0.157. The van der Waals surface area contributed by atoms with Crippen LogP contribution in [-0.4, -0.2) is 21.9 Å². The van der Waals surface area contributed by atoms with Crippen molar-refractivity contribution in [3.63, 3.8) is 0 Å². The van der Waals surface area contributed by atoms with E-state index in [0.29, 0.717) is 5.92 Å². The smallest absolute Gasteiger partial charge is 0.0986 e. The zero-order chi connectivity index (χ0) is 13.8. The van der Waals surface area contributed by atoms with Crippen LogP contribution in [0, 0.1) is 17.8 Å². The molecule has 3 atom stereocenters. The Balaban J connectivity index is 2.25. The van der Waals surface area contributed by atoms with Crippen molar-refractivity contribution in [1.29, 1.82) is 0 Å². The molecule has 0 bridgehead atoms. The molecule has 0 aromatic carbocycles. The molecule has 0 aromatic rings. The van der Waals surface area contributed by atoms with Gasteiger partial charge in [-0.2, -0.15) is 0 Å². The third kappa shape index (κ3) is 2.34. The second kappa shape index (κ2) is 4.21. The first-order chi connectivity index (χ1) is 8.06. The van der Waals surface area contributed by atoms with Crippen LogP contribution in [0.3, 0.4) is 0 Å². The Morgan fingerprint density at radius 2 is 1.44 bits per heavy atom. The van der Waals surface area contributed by atoms with E-state index in [1.807, 2.05) is 0 Å². The standard InChI is InChI=1S/C16H30O2/c1-11-7-12(2)9-13(8-11)16(17)10-14(3,4)18-15(16,5)6/h11-13,17H,7-10H2,1-6H3. The summed E-state index contributed by atoms with van der Waals surface area (Å²) in [6, 6.07) is 0. The lowest BCUT2D eigenvalue weighted by atomic mass is 9.64. The summed E-state index contributed by atoms with van der Waals surface area (Å²) in [5, 5.41) is 11.3. The Morgan fingerprint density at radius 3 is 1.83 bits per heavy atom. The van der Waals surface area contributed by atoms with Gasteiger partial charge in [-0.05, 0) is 64.7 Å². The van der Waals surface area contributed by atoms with Gasteiger partial charge < -0.3 is 9.84 Å². The predicted molar refractivity (Wildman–Crippen MR) is 74.5 cm³/mol. The van der Waals surface area contributed by atoms with Crippen LogP contribution in [0.4, 0.5) is 0 Å². The van der Waals surface area contributed by atoms with Crippen LogP contribution in [0.1, 0.15) is 67.2 Å². The van der Waals surface area contributed by atoms with Crippen molar-refractivity contribution in [2.75, 3.05) is 0 Å². The molecule has 2 fully saturated rings. The molecule has 3 unspecified atom stereocenters. The normalized spacial score (nSPS) is 47.2. The highest BCUT2D eigenvalue weighted by atomic mass is 16.5. The molecule has 0 radical (unpaired) electrons. The van der Waals surface area contributed by atoms with Crippen LogP contribution in [0.25, 0.3) is 0 Å². The first-order valence-electron chi connectivity index (χ1n) is 7.48. The maximum atomic E-state index is 11.3. The molecule has 1 saturated heterocycles. The molecule has 2 rings (SSSR count). The van der Waals surface area contributed by atoms with Crippen molar-refractivity contribution in [1.82, 2.24) is 0 Å². The largest absolute Gasteiger partial charge is 0.386 e. The monoisotopic (exact) mass is 254 g/mol. The molecular weight excluding hydrogens is 224 g/mol. The summed E-state index contributed by atoms with van der Waals surface area (Å²) >= 11 is 0. The van der Waals surface area contributed by atoms with E-state index in [1.165, 1.54) is 6.42 Å². The number of hydrogen-bond acceptors (Lipinski definition) is 2. The first kappa shape index (κ1) is 14.3. The molecule has 1 heterocycles. The van der Waals surface area contributed by atoms with Gasteiger partial charge in [0.25, 0.3) is 0 Å². The average molecular weight is 254 g/mol. The van der Waals surface area contributed by atoms with E-state index in [0.717, 1.165) is 31.1 Å². The van der Waals surface area contributed by atoms with Gasteiger partial charge in [0, 0.05) is 6.42 Å². The predicted octanol–water partition coefficient (Wildman–Crippen LogP) is 3.77. The van der Waals surface area contributed by atoms with E-state index >= 15 is 0 Å². The number of rotatable bonds is 1. The van der Waals surface area contributed by atoms with Crippen LogP contribution in [0.15, 0.2) is 0 Å². The molecule has 1 saturated carbocycles. The van der Waals surface area contributed by atoms with Crippen LogP contribution in [0.5, 0.6) is 0 Å². The summed E-state index contributed by atoms with van der Waals surface area (Å²) in [5.41, 5.74) is -1.31. The van der Waals surface area contributed by atoms with Gasteiger partial charge in [-0.25, -0.2) is 0 Å². The van der Waals surface area contributed by atoms with Gasteiger partial charge in [-0.3, -0.25) is 0 Å². The van der Waals surface area contributed by atoms with E-state index < -0.39 is 11.2 Å². The first-order valence-corrected chi connectivity index (χ1v) is 7.48. The van der Waals surface area contributed by atoms with Crippen LogP contribution in [0.2, 0.25) is 0 Å². The molecule has 1 N–H and O–H groups in total. The third-order valence-electron chi connectivity index (χ3n) is 5.12. The van der Waals surface area contributed by atoms with Crippen molar-refractivity contribution in [3.05, 3.63) is 0 Å². The summed E-state index contributed by atoms with van der Waals surface area (Å²) in [4.78, 5) is 0. The van der Waals surface area contributed by atoms with E-state index in [9.17, 15) is 5.11 Å². The maximum Gasteiger partial charge on any atom is 0.0986 e. The molecule has 1 aliphatic carbocycles. The maximum absolute atomic E-state index is 11.3. The molecule has 2 heteroatoms. The van der Waals surface area contributed by atoms with Gasteiger partial charge in [-0.1, -0.05) is 13.8 Å². The van der Waals surface area contributed by atoms with Crippen molar-refractivity contribution in [3.8, 4) is 0 Å². The second-order valence-electron chi connectivity index (χ2n) is 8.09. The molecule has 2 nitrogen and oxygen atoms in total. The SMILES string of the molecule is CC1CC(C)CC(C2(O)CC(C)(C)OC2(C)C)C1. The summed E-state index contributed by atoms with van der Waals surface area (Å²) < 4.78 is 6.13. The van der Waals surface area contributed by atoms with Crippen molar-refractivity contribution >= 4 is 0 Å². The third-order valence-corrected chi connectivity index (χ3v) is 5.12. The van der Waals surface area contributed by atoms with Crippen molar-refractivity contribution in [2.24, 2.45) is 17.8 Å². The Morgan fingerprint density at radius 1 is 0.944 bits per heavy atom. The summed E-state index contributed by atoms with van der Waals surface area (Å²) in [6.07, 6.45) is 4.35. The minimum absolute atomic E-state index is 0.206. The van der Waals surface area contributed by atoms with Crippen molar-refractivity contribution < 1.29 is 9.84 Å². The van der Waals surface area contributed by atoms with E-state index in [2.05, 4.69) is 41.5 Å². The van der Waals surface area contributed by atoms with E-state index in [1.54, 1.807) is 0 Å². The Labute approximate surface area is 112 Å². The molecule has 0 amide bonds. The zero-order valence-corrected chi connectivity index (χ0v) is 12.9. The van der Waals surface area contributed by atoms with Gasteiger partial charge in [0.1, 0.15) is 0 Å². The Bertz CT molecular complexity index is 311. The lowest BCUT2D eigenvalue weighted by Crippen LogP contribution is -2.53. The number of aliphatic hydroxyl groups is 1. The average Bonchev–Trinajstić information content (AvgIpc) is 2.29. The minimum atomic E-state index is -0.667. The van der Waals surface area contributed by atoms with E-state index in [4.69, 9.17) is 4.74 Å². The highest BCUT2D eigenvalue weighted by Crippen LogP contribution is 2.53. The van der Waals surface area contributed by atoms with Gasteiger partial charge >= 0.3 is 0 Å². The fraction of sp³-hybridized carbons (Fsp3) is 1.00. The topological polar surface area (TPSA) is 29.5 Å². The van der Waals surface area contributed by atoms with E-state index in [-0.39, 0.29) is 5.60 Å². The van der Waals surface area contributed by atoms with Gasteiger partial charge in [0.05, 0.1) is 16.8 Å². The Hall–Kier alpha value is -0.0800. The Kier molecular flexibility index (Phi) is 3.35. The quantitative estimate of drug-likeness (QED) is 0.772. The van der Waals surface area contributed by atoms with Crippen LogP contribution < -0.4 is 0 Å². The van der Waals surface area contributed by atoms with Gasteiger partial charge in [-0.15, -0.1) is 0 Å². The fourth-order valence-electron chi connectivity index (χ4n) is 4.65. The fourth-order valence-corrected chi connectivity index (χ4v) is 4.65. The molecule has 1 aliphatic heterocycles. The molecule has 0 spiro atoms. The highest BCUT2D eigenvalue weighted by Gasteiger charge is 2.60. The molecule has 18 heavy (non-hydrogen) atoms. The molecule has 0 aromatic heterocycles. The molecular formula is C16H30O2. The minimum Gasteiger partial charge on any atom is -0.386 e. The second-order valence-corrected chi connectivity index (χ2v) is 8.09.